The second-order valence-corrected chi connectivity index (χ2v) is 5.97. The number of benzene rings is 1. The quantitative estimate of drug-likeness (QED) is 0.775. The van der Waals surface area contributed by atoms with E-state index in [1.165, 1.54) is 24.1 Å². The third kappa shape index (κ3) is 4.76. The molecule has 0 amide bonds. The third-order valence-electron chi connectivity index (χ3n) is 3.93. The van der Waals surface area contributed by atoms with Gasteiger partial charge < -0.3 is 10.1 Å². The molecule has 0 spiro atoms. The van der Waals surface area contributed by atoms with Crippen molar-refractivity contribution in [3.8, 4) is 5.75 Å². The Morgan fingerprint density at radius 3 is 2.91 bits per heavy atom. The Hall–Kier alpha value is -1.45. The van der Waals surface area contributed by atoms with E-state index in [4.69, 9.17) is 16.3 Å². The highest BCUT2D eigenvalue weighted by molar-refractivity contribution is 6.32. The van der Waals surface area contributed by atoms with Crippen LogP contribution in [0.2, 0.25) is 5.02 Å². The van der Waals surface area contributed by atoms with Gasteiger partial charge in [0, 0.05) is 29.7 Å². The van der Waals surface area contributed by atoms with Crippen molar-refractivity contribution in [2.24, 2.45) is 0 Å². The van der Waals surface area contributed by atoms with E-state index in [2.05, 4.69) is 16.4 Å². The van der Waals surface area contributed by atoms with Gasteiger partial charge in [-0.2, -0.15) is 0 Å². The number of halogens is 2. The second-order valence-electron chi connectivity index (χ2n) is 5.56. The van der Waals surface area contributed by atoms with Gasteiger partial charge in [-0.3, -0.25) is 4.98 Å². The van der Waals surface area contributed by atoms with Crippen molar-refractivity contribution in [2.75, 3.05) is 18.5 Å². The van der Waals surface area contributed by atoms with Crippen molar-refractivity contribution in [2.45, 2.75) is 32.1 Å². The highest BCUT2D eigenvalue weighted by Crippen LogP contribution is 2.36. The van der Waals surface area contributed by atoms with Crippen LogP contribution in [0, 0.1) is 0 Å². The zero-order valence-corrected chi connectivity index (χ0v) is 14.6. The molecule has 0 radical (unpaired) electrons. The van der Waals surface area contributed by atoms with Crippen molar-refractivity contribution in [3.63, 3.8) is 0 Å². The number of ether oxygens (including phenoxy) is 1. The van der Waals surface area contributed by atoms with Gasteiger partial charge in [-0.05, 0) is 56.4 Å². The molecule has 1 aromatic heterocycles. The van der Waals surface area contributed by atoms with Gasteiger partial charge in [0.2, 0.25) is 0 Å². The molecule has 23 heavy (non-hydrogen) atoms. The molecule has 0 aliphatic carbocycles. The zero-order valence-electron chi connectivity index (χ0n) is 13.1. The molecule has 0 atom stereocenters. The highest BCUT2D eigenvalue weighted by atomic mass is 35.5. The van der Waals surface area contributed by atoms with Crippen molar-refractivity contribution < 1.29 is 4.74 Å². The number of pyridine rings is 1. The van der Waals surface area contributed by atoms with Gasteiger partial charge in [-0.15, -0.1) is 12.4 Å². The summed E-state index contributed by atoms with van der Waals surface area (Å²) in [4.78, 5) is 4.33. The van der Waals surface area contributed by atoms with Crippen LogP contribution in [0.3, 0.4) is 0 Å². The molecule has 124 valence electrons. The SMILES string of the molecule is Cl.Clc1ccc2c(c1OCCCc1ccccn1)CCCCN2. The van der Waals surface area contributed by atoms with Crippen LogP contribution in [-0.2, 0) is 12.8 Å². The summed E-state index contributed by atoms with van der Waals surface area (Å²) in [5.41, 5.74) is 3.50. The fourth-order valence-corrected chi connectivity index (χ4v) is 3.02. The van der Waals surface area contributed by atoms with Crippen LogP contribution in [0.4, 0.5) is 5.69 Å². The van der Waals surface area contributed by atoms with Crippen LogP contribution in [-0.4, -0.2) is 18.1 Å². The Labute approximate surface area is 148 Å². The van der Waals surface area contributed by atoms with E-state index in [1.54, 1.807) is 0 Å². The summed E-state index contributed by atoms with van der Waals surface area (Å²) in [5, 5.41) is 4.17. The van der Waals surface area contributed by atoms with Crippen LogP contribution >= 0.6 is 24.0 Å². The minimum absolute atomic E-state index is 0. The van der Waals surface area contributed by atoms with E-state index < -0.39 is 0 Å². The van der Waals surface area contributed by atoms with E-state index in [1.807, 2.05) is 30.5 Å². The monoisotopic (exact) mass is 352 g/mol. The maximum atomic E-state index is 6.35. The molecule has 0 fully saturated rings. The molecular formula is C18H22Cl2N2O. The van der Waals surface area contributed by atoms with Gasteiger partial charge in [0.25, 0.3) is 0 Å². The van der Waals surface area contributed by atoms with Crippen LogP contribution < -0.4 is 10.1 Å². The molecule has 1 aliphatic heterocycles. The summed E-state index contributed by atoms with van der Waals surface area (Å²) in [6.07, 6.45) is 7.07. The molecule has 0 saturated heterocycles. The third-order valence-corrected chi connectivity index (χ3v) is 4.23. The topological polar surface area (TPSA) is 34.1 Å². The Balaban J connectivity index is 0.00000192. The maximum Gasteiger partial charge on any atom is 0.143 e. The summed E-state index contributed by atoms with van der Waals surface area (Å²) in [5.74, 6) is 0.856. The largest absolute Gasteiger partial charge is 0.492 e. The van der Waals surface area contributed by atoms with Gasteiger partial charge in [0.05, 0.1) is 11.6 Å². The van der Waals surface area contributed by atoms with Gasteiger partial charge in [0.15, 0.2) is 0 Å². The molecule has 5 heteroatoms. The molecule has 0 saturated carbocycles. The number of aryl methyl sites for hydroxylation is 1. The van der Waals surface area contributed by atoms with Crippen LogP contribution in [0.1, 0.15) is 30.5 Å². The summed E-state index contributed by atoms with van der Waals surface area (Å²) in [7, 11) is 0. The van der Waals surface area contributed by atoms with E-state index in [0.29, 0.717) is 11.6 Å². The molecule has 1 aliphatic rings. The molecule has 3 rings (SSSR count). The van der Waals surface area contributed by atoms with Gasteiger partial charge >= 0.3 is 0 Å². The number of hydrogen-bond acceptors (Lipinski definition) is 3. The summed E-state index contributed by atoms with van der Waals surface area (Å²) < 4.78 is 6.01. The predicted octanol–water partition coefficient (Wildman–Crippen LogP) is 4.92. The Kier molecular flexibility index (Phi) is 7.00. The van der Waals surface area contributed by atoms with Crippen LogP contribution in [0.5, 0.6) is 5.75 Å². The lowest BCUT2D eigenvalue weighted by atomic mass is 10.1. The standard InChI is InChI=1S/C18H21ClN2O.ClH/c19-16-9-10-17-15(8-2-4-12-21-17)18(16)22-13-5-7-14-6-1-3-11-20-14;/h1,3,6,9-11,21H,2,4-5,7-8,12-13H2;1H. The number of nitrogens with one attached hydrogen (secondary N) is 1. The van der Waals surface area contributed by atoms with Gasteiger partial charge in [-0.25, -0.2) is 0 Å². The van der Waals surface area contributed by atoms with E-state index in [0.717, 1.165) is 37.3 Å². The van der Waals surface area contributed by atoms with Crippen molar-refractivity contribution in [3.05, 3.63) is 52.8 Å². The summed E-state index contributed by atoms with van der Waals surface area (Å²) in [6.45, 7) is 1.68. The molecule has 0 unspecified atom stereocenters. The lowest BCUT2D eigenvalue weighted by molar-refractivity contribution is 0.307. The van der Waals surface area contributed by atoms with E-state index >= 15 is 0 Å². The molecule has 2 aromatic rings. The Morgan fingerprint density at radius 1 is 1.17 bits per heavy atom. The average Bonchev–Trinajstić information content (AvgIpc) is 2.79. The average molecular weight is 353 g/mol. The zero-order chi connectivity index (χ0) is 15.2. The molecule has 0 bridgehead atoms. The number of fused-ring (bicyclic) bond motifs is 1. The second kappa shape index (κ2) is 8.99. The first-order valence-electron chi connectivity index (χ1n) is 7.92. The number of rotatable bonds is 5. The first-order valence-corrected chi connectivity index (χ1v) is 8.30. The first-order chi connectivity index (χ1) is 10.8. The van der Waals surface area contributed by atoms with E-state index in [9.17, 15) is 0 Å². The van der Waals surface area contributed by atoms with Crippen LogP contribution in [0.25, 0.3) is 0 Å². The number of hydrogen-bond donors (Lipinski definition) is 1. The van der Waals surface area contributed by atoms with Gasteiger partial charge in [0.1, 0.15) is 5.75 Å². The van der Waals surface area contributed by atoms with Crippen molar-refractivity contribution in [1.82, 2.24) is 4.98 Å². The highest BCUT2D eigenvalue weighted by Gasteiger charge is 2.15. The summed E-state index contributed by atoms with van der Waals surface area (Å²) in [6, 6.07) is 9.98. The normalized spacial score (nSPS) is 13.3. The molecule has 2 heterocycles. The Morgan fingerprint density at radius 2 is 2.09 bits per heavy atom. The fraction of sp³-hybridized carbons (Fsp3) is 0.389. The fourth-order valence-electron chi connectivity index (χ4n) is 2.79. The molecule has 1 aromatic carbocycles. The predicted molar refractivity (Wildman–Crippen MR) is 98.2 cm³/mol. The molecular weight excluding hydrogens is 331 g/mol. The molecule has 1 N–H and O–H groups in total. The first kappa shape index (κ1) is 17.9. The maximum absolute atomic E-state index is 6.35. The molecule has 3 nitrogen and oxygen atoms in total. The Bertz CT molecular complexity index is 620. The summed E-state index contributed by atoms with van der Waals surface area (Å²) >= 11 is 6.35. The lowest BCUT2D eigenvalue weighted by Gasteiger charge is -2.15. The number of nitrogens with zero attached hydrogens (tertiary/aromatic N) is 1. The lowest BCUT2D eigenvalue weighted by Crippen LogP contribution is -2.05. The van der Waals surface area contributed by atoms with E-state index in [-0.39, 0.29) is 12.4 Å². The minimum atomic E-state index is 0. The smallest absolute Gasteiger partial charge is 0.143 e. The number of anilines is 1. The van der Waals surface area contributed by atoms with Crippen molar-refractivity contribution >= 4 is 29.7 Å². The van der Waals surface area contributed by atoms with Crippen LogP contribution in [0.15, 0.2) is 36.5 Å². The minimum Gasteiger partial charge on any atom is -0.492 e. The number of aromatic nitrogens is 1. The van der Waals surface area contributed by atoms with Crippen molar-refractivity contribution in [1.29, 1.82) is 0 Å². The van der Waals surface area contributed by atoms with Gasteiger partial charge in [-0.1, -0.05) is 17.7 Å².